The van der Waals surface area contributed by atoms with Gasteiger partial charge in [0.05, 0.1) is 30.4 Å². The number of ether oxygens (including phenoxy) is 2. The van der Waals surface area contributed by atoms with Crippen LogP contribution in [0.3, 0.4) is 0 Å². The fraction of sp³-hybridized carbons (Fsp3) is 0.417. The highest BCUT2D eigenvalue weighted by molar-refractivity contribution is 7.49. The summed E-state index contributed by atoms with van der Waals surface area (Å²) in [7, 11) is -4.96. The summed E-state index contributed by atoms with van der Waals surface area (Å²) in [4.78, 5) is 31.9. The Morgan fingerprint density at radius 1 is 1.00 bits per heavy atom. The predicted octanol–water partition coefficient (Wildman–Crippen LogP) is 4.70. The molecule has 0 bridgehead atoms. The van der Waals surface area contributed by atoms with Gasteiger partial charge in [0, 0.05) is 12.5 Å². The van der Waals surface area contributed by atoms with Crippen LogP contribution in [-0.4, -0.2) is 43.8 Å². The van der Waals surface area contributed by atoms with Crippen molar-refractivity contribution in [2.75, 3.05) is 13.2 Å². The molecule has 18 heteroatoms. The molecule has 0 radical (unpaired) electrons. The Hall–Kier alpha value is -3.08. The Morgan fingerprint density at radius 3 is 2.07 bits per heavy atom. The number of halogens is 7. The van der Waals surface area contributed by atoms with E-state index in [9.17, 15) is 40.1 Å². The molecular formula is C24H26F7N4O6P. The van der Waals surface area contributed by atoms with Crippen LogP contribution in [0.4, 0.5) is 30.7 Å². The summed E-state index contributed by atoms with van der Waals surface area (Å²) in [6.07, 6.45) is -12.6. The van der Waals surface area contributed by atoms with Crippen LogP contribution in [0.5, 0.6) is 0 Å². The van der Waals surface area contributed by atoms with Gasteiger partial charge in [-0.25, -0.2) is 13.8 Å². The van der Waals surface area contributed by atoms with E-state index < -0.39 is 66.6 Å². The lowest BCUT2D eigenvalue weighted by Gasteiger charge is -2.29. The minimum absolute atomic E-state index is 0.00714. The maximum absolute atomic E-state index is 13.4. The summed E-state index contributed by atoms with van der Waals surface area (Å²) < 4.78 is 116. The largest absolute Gasteiger partial charge is 0.454 e. The third-order valence-corrected chi connectivity index (χ3v) is 6.73. The maximum Gasteiger partial charge on any atom is 0.454 e. The Balaban J connectivity index is 1.76. The van der Waals surface area contributed by atoms with E-state index in [0.29, 0.717) is 17.7 Å². The topological polar surface area (TPSA) is 139 Å². The van der Waals surface area contributed by atoms with Crippen molar-refractivity contribution >= 4 is 7.75 Å². The zero-order valence-electron chi connectivity index (χ0n) is 21.9. The smallest absolute Gasteiger partial charge is 0.351 e. The van der Waals surface area contributed by atoms with Crippen molar-refractivity contribution in [3.05, 3.63) is 86.8 Å². The number of nitrogens with zero attached hydrogens (tertiary/aromatic N) is 2. The van der Waals surface area contributed by atoms with Gasteiger partial charge >= 0.3 is 25.8 Å². The number of aromatic nitrogens is 3. The zero-order valence-corrected chi connectivity index (χ0v) is 22.8. The third-order valence-electron chi connectivity index (χ3n) is 5.97. The number of rotatable bonds is 12. The van der Waals surface area contributed by atoms with Gasteiger partial charge in [-0.2, -0.15) is 26.3 Å². The van der Waals surface area contributed by atoms with Crippen LogP contribution in [0.15, 0.2) is 47.3 Å². The fourth-order valence-electron chi connectivity index (χ4n) is 3.79. The molecule has 10 nitrogen and oxygen atoms in total. The molecule has 232 valence electrons. The lowest BCUT2D eigenvalue weighted by atomic mass is 9.99. The highest BCUT2D eigenvalue weighted by Gasteiger charge is 2.37. The number of H-pyrrole nitrogens is 1. The Kier molecular flexibility index (Phi) is 10.4. The molecule has 0 unspecified atom stereocenters. The molecule has 0 saturated heterocycles. The molecule has 1 heterocycles. The minimum Gasteiger partial charge on any atom is -0.351 e. The first-order chi connectivity index (χ1) is 19.4. The van der Waals surface area contributed by atoms with Crippen LogP contribution in [0.25, 0.3) is 0 Å². The van der Waals surface area contributed by atoms with E-state index in [0.717, 1.165) is 12.1 Å². The quantitative estimate of drug-likeness (QED) is 0.0978. The van der Waals surface area contributed by atoms with Crippen molar-refractivity contribution in [2.45, 2.75) is 51.1 Å². The van der Waals surface area contributed by atoms with Gasteiger partial charge in [0.25, 0.3) is 0 Å². The standard InChI is InChI=1S/C24H26F7N4O6P/c1-13(15-3-5-19(25)6-4-15)21(40-8-7-32-12-20-33-22(36)35(34-20)42(37,38)39)41-14(2)16-9-17(23(26,27)28)11-18(10-16)24(29,30)31/h3-6,9-11,13-14,21,32H,7-8,12H2,1-2H3,(H,33,34,36)(H2,37,38,39)/t13-,14+,21+/m0/s1. The molecule has 0 aliphatic heterocycles. The number of hydrogen-bond donors (Lipinski definition) is 4. The third kappa shape index (κ3) is 8.96. The average Bonchev–Trinajstić information content (AvgIpc) is 3.27. The molecule has 1 aromatic heterocycles. The molecule has 0 saturated carbocycles. The molecule has 2 aromatic carbocycles. The average molecular weight is 630 g/mol. The van der Waals surface area contributed by atoms with E-state index in [-0.39, 0.29) is 36.0 Å². The molecule has 3 rings (SSSR count). The van der Waals surface area contributed by atoms with E-state index in [2.05, 4.69) is 15.4 Å². The van der Waals surface area contributed by atoms with E-state index in [4.69, 9.17) is 19.3 Å². The summed E-state index contributed by atoms with van der Waals surface area (Å²) >= 11 is 0. The molecule has 0 amide bonds. The van der Waals surface area contributed by atoms with E-state index in [1.165, 1.54) is 19.1 Å². The molecule has 42 heavy (non-hydrogen) atoms. The number of nitrogens with one attached hydrogen (secondary N) is 2. The molecular weight excluding hydrogens is 604 g/mol. The molecule has 0 aliphatic rings. The van der Waals surface area contributed by atoms with Crippen molar-refractivity contribution in [1.29, 1.82) is 0 Å². The summed E-state index contributed by atoms with van der Waals surface area (Å²) in [5.41, 5.74) is -4.04. The number of benzene rings is 2. The van der Waals surface area contributed by atoms with Gasteiger partial charge in [-0.3, -0.25) is 4.98 Å². The monoisotopic (exact) mass is 630 g/mol. The van der Waals surface area contributed by atoms with Crippen molar-refractivity contribution in [1.82, 2.24) is 19.9 Å². The summed E-state index contributed by atoms with van der Waals surface area (Å²) in [6, 6.07) is 6.27. The maximum atomic E-state index is 13.4. The van der Waals surface area contributed by atoms with Crippen LogP contribution in [-0.2, 0) is 32.9 Å². The Morgan fingerprint density at radius 2 is 1.57 bits per heavy atom. The second-order valence-corrected chi connectivity index (χ2v) is 10.6. The highest BCUT2D eigenvalue weighted by Crippen LogP contribution is 2.39. The van der Waals surface area contributed by atoms with Crippen LogP contribution < -0.4 is 11.0 Å². The molecule has 0 aliphatic carbocycles. The first-order valence-electron chi connectivity index (χ1n) is 12.1. The lowest BCUT2D eigenvalue weighted by molar-refractivity contribution is -0.178. The molecule has 0 fully saturated rings. The normalized spacial score (nSPS) is 15.0. The summed E-state index contributed by atoms with van der Waals surface area (Å²) in [5.74, 6) is -1.31. The first-order valence-corrected chi connectivity index (χ1v) is 13.7. The Labute approximate surface area is 233 Å². The summed E-state index contributed by atoms with van der Waals surface area (Å²) in [5, 5.41) is 6.27. The lowest BCUT2D eigenvalue weighted by Crippen LogP contribution is -2.29. The predicted molar refractivity (Wildman–Crippen MR) is 132 cm³/mol. The SMILES string of the molecule is C[C@@H](O[C@@H](OCCNCc1nn(P(=O)(O)O)c(=O)[nH]1)[C@@H](C)c1ccc(F)cc1)c1cc(C(F)(F)F)cc(C(F)(F)F)c1. The van der Waals surface area contributed by atoms with Gasteiger partial charge in [-0.1, -0.05) is 19.1 Å². The van der Waals surface area contributed by atoms with Crippen LogP contribution in [0.1, 0.15) is 53.9 Å². The van der Waals surface area contributed by atoms with Crippen molar-refractivity contribution in [3.8, 4) is 0 Å². The van der Waals surface area contributed by atoms with Crippen LogP contribution >= 0.6 is 7.75 Å². The van der Waals surface area contributed by atoms with Gasteiger partial charge in [-0.05, 0) is 48.4 Å². The molecule has 3 aromatic rings. The van der Waals surface area contributed by atoms with Crippen molar-refractivity contribution in [3.63, 3.8) is 0 Å². The van der Waals surface area contributed by atoms with E-state index in [1.807, 2.05) is 0 Å². The van der Waals surface area contributed by atoms with Gasteiger partial charge in [0.2, 0.25) is 0 Å². The van der Waals surface area contributed by atoms with Gasteiger partial charge in [0.1, 0.15) is 11.6 Å². The van der Waals surface area contributed by atoms with Crippen molar-refractivity contribution < 1.29 is 54.6 Å². The van der Waals surface area contributed by atoms with Gasteiger partial charge < -0.3 is 24.6 Å². The van der Waals surface area contributed by atoms with Gasteiger partial charge in [-0.15, -0.1) is 9.55 Å². The second-order valence-electron chi connectivity index (χ2n) is 9.15. The van der Waals surface area contributed by atoms with Gasteiger partial charge in [0.15, 0.2) is 6.29 Å². The Bertz CT molecular complexity index is 1420. The molecule has 4 N–H and O–H groups in total. The second kappa shape index (κ2) is 13.1. The first kappa shape index (κ1) is 33.4. The summed E-state index contributed by atoms with van der Waals surface area (Å²) in [6.45, 7) is 2.62. The molecule has 0 spiro atoms. The minimum atomic E-state index is -5.05. The zero-order chi connectivity index (χ0) is 31.5. The van der Waals surface area contributed by atoms with Crippen LogP contribution in [0, 0.1) is 5.82 Å². The van der Waals surface area contributed by atoms with Crippen molar-refractivity contribution in [2.24, 2.45) is 0 Å². The molecule has 3 atom stereocenters. The highest BCUT2D eigenvalue weighted by atomic mass is 31.2. The van der Waals surface area contributed by atoms with E-state index in [1.54, 1.807) is 6.92 Å². The number of aromatic amines is 1. The van der Waals surface area contributed by atoms with Crippen LogP contribution in [0.2, 0.25) is 0 Å². The van der Waals surface area contributed by atoms with E-state index >= 15 is 0 Å². The fourth-order valence-corrected chi connectivity index (χ4v) is 4.30. The number of hydrogen-bond acceptors (Lipinski definition) is 6. The number of alkyl halides is 6.